The summed E-state index contributed by atoms with van der Waals surface area (Å²) in [5.74, 6) is -4.13. The molecule has 39 heavy (non-hydrogen) atoms. The summed E-state index contributed by atoms with van der Waals surface area (Å²) in [5.41, 5.74) is 9.69. The van der Waals surface area contributed by atoms with E-state index in [1.54, 1.807) is 0 Å². The lowest BCUT2D eigenvalue weighted by atomic mass is 9.74. The van der Waals surface area contributed by atoms with Crippen LogP contribution in [0.25, 0.3) is 0 Å². The molecule has 1 unspecified atom stereocenters. The lowest BCUT2D eigenvalue weighted by Gasteiger charge is -2.50. The number of carbonyl (C=O) groups excluding carboxylic acids is 2. The Morgan fingerprint density at radius 3 is 2.44 bits per heavy atom. The minimum Gasteiger partial charge on any atom is -0.489 e. The molecule has 0 spiro atoms. The Morgan fingerprint density at radius 1 is 1.31 bits per heavy atom. The zero-order valence-corrected chi connectivity index (χ0v) is 22.1. The number of amidine groups is 1. The molecule has 3 rings (SSSR count). The summed E-state index contributed by atoms with van der Waals surface area (Å²) in [7, 11) is -4.98. The number of hydrogen-bond acceptors (Lipinski definition) is 13. The molecule has 1 aromatic heterocycles. The van der Waals surface area contributed by atoms with E-state index in [2.05, 4.69) is 14.4 Å². The zero-order chi connectivity index (χ0) is 29.1. The molecule has 0 aliphatic carbocycles. The number of nitrogen functional groups attached to an aromatic ring is 2. The van der Waals surface area contributed by atoms with Crippen molar-refractivity contribution in [2.24, 2.45) is 16.8 Å². The third kappa shape index (κ3) is 7.05. The molecule has 2 atom stereocenters. The third-order valence-electron chi connectivity index (χ3n) is 5.57. The summed E-state index contributed by atoms with van der Waals surface area (Å²) in [5, 5.41) is 22.5. The molecule has 1 fully saturated rings. The number of hydrogen-bond donors (Lipinski definition) is 5. The smallest absolute Gasteiger partial charge is 0.418 e. The number of nitrogens with one attached hydrogen (secondary N) is 1. The van der Waals surface area contributed by atoms with Crippen molar-refractivity contribution in [2.75, 3.05) is 12.3 Å². The van der Waals surface area contributed by atoms with Gasteiger partial charge in [-0.05, 0) is 38.1 Å². The number of β-lactam (4-membered cyclic amide) rings is 1. The SMILES string of the molecule is CC1(C)[C@H](CC(=O)/C(=N\OC(COc2ccc(C(=N)N)cc2)C(=O)O)c2csc(N)n2)C(=O)N1OS(=O)(=O)O. The average molecular weight is 585 g/mol. The minimum atomic E-state index is -4.98. The third-order valence-corrected chi connectivity index (χ3v) is 6.59. The van der Waals surface area contributed by atoms with E-state index in [4.69, 9.17) is 31.0 Å². The van der Waals surface area contributed by atoms with E-state index in [1.807, 2.05) is 0 Å². The van der Waals surface area contributed by atoms with Crippen molar-refractivity contribution in [1.29, 1.82) is 5.41 Å². The van der Waals surface area contributed by atoms with Crippen LogP contribution in [0.2, 0.25) is 0 Å². The second-order valence-corrected chi connectivity index (χ2v) is 10.6. The fraction of sp³-hybridized carbons (Fsp3) is 0.333. The number of benzene rings is 1. The molecule has 7 N–H and O–H groups in total. The summed E-state index contributed by atoms with van der Waals surface area (Å²) in [6.07, 6.45) is -2.18. The molecule has 16 nitrogen and oxygen atoms in total. The maximum Gasteiger partial charge on any atom is 0.418 e. The summed E-state index contributed by atoms with van der Waals surface area (Å²) in [6, 6.07) is 5.94. The highest BCUT2D eigenvalue weighted by Crippen LogP contribution is 2.40. The number of rotatable bonds is 13. The van der Waals surface area contributed by atoms with Crippen molar-refractivity contribution in [3.63, 3.8) is 0 Å². The molecule has 0 bridgehead atoms. The van der Waals surface area contributed by atoms with Gasteiger partial charge in [0.1, 0.15) is 23.9 Å². The number of Topliss-reactive ketones (excluding diaryl/α,β-unsaturated/α-hetero) is 1. The predicted octanol–water partition coefficient (Wildman–Crippen LogP) is 0.193. The molecule has 2 aromatic rings. The van der Waals surface area contributed by atoms with Gasteiger partial charge in [-0.2, -0.15) is 13.5 Å². The van der Waals surface area contributed by atoms with Crippen LogP contribution in [0.4, 0.5) is 5.13 Å². The Bertz CT molecular complexity index is 1420. The number of nitrogens with zero attached hydrogens (tertiary/aromatic N) is 3. The van der Waals surface area contributed by atoms with E-state index < -0.39 is 64.4 Å². The highest BCUT2D eigenvalue weighted by molar-refractivity contribution is 7.80. The van der Waals surface area contributed by atoms with E-state index >= 15 is 0 Å². The highest BCUT2D eigenvalue weighted by Gasteiger charge is 2.57. The topological polar surface area (TPSA) is 258 Å². The molecule has 1 saturated heterocycles. The number of aliphatic carboxylic acids is 1. The fourth-order valence-corrected chi connectivity index (χ4v) is 4.45. The monoisotopic (exact) mass is 584 g/mol. The average Bonchev–Trinajstić information content (AvgIpc) is 3.28. The Kier molecular flexibility index (Phi) is 8.54. The Hall–Kier alpha value is -4.13. The number of carboxylic acid groups (broad SMARTS) is 1. The van der Waals surface area contributed by atoms with Crippen LogP contribution < -0.4 is 16.2 Å². The molecule has 1 aliphatic heterocycles. The van der Waals surface area contributed by atoms with E-state index in [0.29, 0.717) is 10.6 Å². The Labute approximate surface area is 225 Å². The number of hydroxylamine groups is 2. The van der Waals surface area contributed by atoms with Crippen molar-refractivity contribution in [1.82, 2.24) is 10.0 Å². The molecule has 18 heteroatoms. The molecule has 1 aromatic carbocycles. The van der Waals surface area contributed by atoms with Crippen LogP contribution in [-0.4, -0.2) is 75.6 Å². The van der Waals surface area contributed by atoms with Gasteiger partial charge in [-0.3, -0.25) is 19.6 Å². The quantitative estimate of drug-likeness (QED) is 0.0693. The molecule has 0 radical (unpaired) electrons. The van der Waals surface area contributed by atoms with Crippen LogP contribution >= 0.6 is 11.3 Å². The first-order valence-electron chi connectivity index (χ1n) is 10.9. The number of ketones is 1. The number of oxime groups is 1. The number of amides is 1. The molecule has 210 valence electrons. The van der Waals surface area contributed by atoms with Gasteiger partial charge in [0.25, 0.3) is 12.0 Å². The zero-order valence-electron chi connectivity index (χ0n) is 20.4. The number of ether oxygens (including phenoxy) is 1. The van der Waals surface area contributed by atoms with Gasteiger partial charge in [-0.15, -0.1) is 15.6 Å². The van der Waals surface area contributed by atoms with Gasteiger partial charge >= 0.3 is 16.4 Å². The van der Waals surface area contributed by atoms with Crippen molar-refractivity contribution in [3.8, 4) is 5.75 Å². The normalized spacial score (nSPS) is 17.7. The van der Waals surface area contributed by atoms with Crippen molar-refractivity contribution >= 4 is 56.1 Å². The van der Waals surface area contributed by atoms with Crippen LogP contribution in [0.3, 0.4) is 0 Å². The summed E-state index contributed by atoms with van der Waals surface area (Å²) in [4.78, 5) is 46.4. The lowest BCUT2D eigenvalue weighted by molar-refractivity contribution is -0.228. The maximum absolute atomic E-state index is 13.2. The number of carbonyl (C=O) groups is 3. The molecule has 1 aliphatic rings. The molecule has 1 amide bonds. The molecular weight excluding hydrogens is 560 g/mol. The second kappa shape index (κ2) is 11.3. The van der Waals surface area contributed by atoms with Crippen LogP contribution in [-0.2, 0) is 33.9 Å². The Balaban J connectivity index is 1.76. The fourth-order valence-electron chi connectivity index (χ4n) is 3.45. The molecule has 0 saturated carbocycles. The standard InChI is InChI=1S/C21H24N6O10S2/c1-21(2)12(18(29)27(21)37-39(32,33)34)7-14(28)16(13-9-38-20(24)25-13)26-36-15(19(30)31)8-35-11-5-3-10(4-6-11)17(22)23/h3-6,9,12,15H,7-8H2,1-2H3,(H3,22,23)(H2,24,25)(H,30,31)(H,32,33,34)/b26-16-/t12-,15?/m1/s1. The number of carboxylic acids is 1. The van der Waals surface area contributed by atoms with Gasteiger partial charge in [0.05, 0.1) is 11.5 Å². The van der Waals surface area contributed by atoms with Gasteiger partial charge in [0, 0.05) is 17.4 Å². The number of nitrogens with two attached hydrogens (primary N) is 2. The van der Waals surface area contributed by atoms with E-state index in [-0.39, 0.29) is 22.4 Å². The van der Waals surface area contributed by atoms with Gasteiger partial charge in [0.15, 0.2) is 16.6 Å². The number of aromatic nitrogens is 1. The summed E-state index contributed by atoms with van der Waals surface area (Å²) in [6.45, 7) is 2.30. The minimum absolute atomic E-state index is 0.0389. The predicted molar refractivity (Wildman–Crippen MR) is 135 cm³/mol. The Morgan fingerprint density at radius 2 is 1.95 bits per heavy atom. The largest absolute Gasteiger partial charge is 0.489 e. The van der Waals surface area contributed by atoms with Crippen LogP contribution in [0, 0.1) is 11.3 Å². The molecular formula is C21H24N6O10S2. The first kappa shape index (κ1) is 29.4. The first-order valence-corrected chi connectivity index (χ1v) is 13.1. The first-order chi connectivity index (χ1) is 18.1. The van der Waals surface area contributed by atoms with Crippen LogP contribution in [0.1, 0.15) is 31.5 Å². The van der Waals surface area contributed by atoms with Crippen LogP contribution in [0.5, 0.6) is 5.75 Å². The van der Waals surface area contributed by atoms with Gasteiger partial charge in [-0.1, -0.05) is 5.16 Å². The van der Waals surface area contributed by atoms with Crippen LogP contribution in [0.15, 0.2) is 34.8 Å². The lowest BCUT2D eigenvalue weighted by Crippen LogP contribution is -2.68. The summed E-state index contributed by atoms with van der Waals surface area (Å²) < 4.78 is 40.6. The van der Waals surface area contributed by atoms with Crippen molar-refractivity contribution in [2.45, 2.75) is 31.9 Å². The maximum atomic E-state index is 13.2. The van der Waals surface area contributed by atoms with Gasteiger partial charge in [0.2, 0.25) is 0 Å². The number of anilines is 1. The highest BCUT2D eigenvalue weighted by atomic mass is 32.3. The van der Waals surface area contributed by atoms with E-state index in [0.717, 1.165) is 11.3 Å². The second-order valence-electron chi connectivity index (χ2n) is 8.66. The van der Waals surface area contributed by atoms with Gasteiger partial charge < -0.3 is 26.1 Å². The van der Waals surface area contributed by atoms with E-state index in [9.17, 15) is 27.9 Å². The molecule has 2 heterocycles. The summed E-state index contributed by atoms with van der Waals surface area (Å²) >= 11 is 0.970. The number of thiazole rings is 1. The van der Waals surface area contributed by atoms with E-state index in [1.165, 1.54) is 43.5 Å². The van der Waals surface area contributed by atoms with Crippen molar-refractivity contribution < 1.29 is 46.3 Å². The van der Waals surface area contributed by atoms with Gasteiger partial charge in [-0.25, -0.2) is 9.78 Å². The van der Waals surface area contributed by atoms with Crippen molar-refractivity contribution in [3.05, 3.63) is 40.9 Å².